The molecule has 0 aliphatic carbocycles. The second-order valence-corrected chi connectivity index (χ2v) is 12.3. The molecule has 180 valence electrons. The molecule has 12 heteroatoms. The number of nitrogens with zero attached hydrogens (tertiary/aromatic N) is 2. The molecule has 0 saturated carbocycles. The summed E-state index contributed by atoms with van der Waals surface area (Å²) in [6, 6.07) is 9.57. The summed E-state index contributed by atoms with van der Waals surface area (Å²) in [6.07, 6.45) is 1.65. The monoisotopic (exact) mass is 505 g/mol. The number of rotatable bonds is 5. The third-order valence-electron chi connectivity index (χ3n) is 6.07. The Hall–Kier alpha value is -3.09. The molecular formula is C22H23N3O7S2. The van der Waals surface area contributed by atoms with Crippen LogP contribution in [0, 0.1) is 5.92 Å². The number of nitrogens with one attached hydrogen (secondary N) is 1. The van der Waals surface area contributed by atoms with Crippen molar-refractivity contribution in [2.45, 2.75) is 22.6 Å². The molecule has 1 saturated heterocycles. The first kappa shape index (κ1) is 24.0. The first-order valence-corrected chi connectivity index (χ1v) is 13.8. The molecule has 2 aromatic rings. The summed E-state index contributed by atoms with van der Waals surface area (Å²) in [7, 11) is -5.86. The molecule has 0 unspecified atom stereocenters. The number of piperidine rings is 1. The molecule has 0 atom stereocenters. The van der Waals surface area contributed by atoms with Crippen LogP contribution in [0.1, 0.15) is 33.6 Å². The maximum atomic E-state index is 12.9. The second-order valence-electron chi connectivity index (χ2n) is 8.34. The molecule has 1 N–H and O–H groups in total. The number of amides is 3. The maximum Gasteiger partial charge on any atom is 0.261 e. The van der Waals surface area contributed by atoms with Crippen LogP contribution in [-0.2, 0) is 24.7 Å². The van der Waals surface area contributed by atoms with Crippen molar-refractivity contribution in [1.82, 2.24) is 9.21 Å². The largest absolute Gasteiger partial charge is 0.326 e. The number of hydrogen-bond donors (Lipinski definition) is 1. The van der Waals surface area contributed by atoms with Crippen LogP contribution in [0.4, 0.5) is 5.69 Å². The zero-order valence-corrected chi connectivity index (χ0v) is 20.1. The summed E-state index contributed by atoms with van der Waals surface area (Å²) in [5, 5.41) is 2.75. The molecule has 2 aromatic carbocycles. The van der Waals surface area contributed by atoms with Crippen LogP contribution in [0.25, 0.3) is 0 Å². The average molecular weight is 506 g/mol. The van der Waals surface area contributed by atoms with E-state index in [1.54, 1.807) is 6.07 Å². The van der Waals surface area contributed by atoms with E-state index in [-0.39, 0.29) is 39.9 Å². The van der Waals surface area contributed by atoms with E-state index in [0.29, 0.717) is 18.5 Å². The molecule has 10 nitrogen and oxygen atoms in total. The number of fused-ring (bicyclic) bond motifs is 1. The topological polar surface area (TPSA) is 138 Å². The summed E-state index contributed by atoms with van der Waals surface area (Å²) in [5.74, 6) is -1.54. The van der Waals surface area contributed by atoms with Crippen molar-refractivity contribution in [3.05, 3.63) is 53.6 Å². The molecule has 4 rings (SSSR count). The van der Waals surface area contributed by atoms with Crippen LogP contribution in [-0.4, -0.2) is 70.2 Å². The number of imide groups is 1. The van der Waals surface area contributed by atoms with Crippen molar-refractivity contribution in [3.63, 3.8) is 0 Å². The lowest BCUT2D eigenvalue weighted by atomic mass is 9.97. The smallest absolute Gasteiger partial charge is 0.261 e. The highest BCUT2D eigenvalue weighted by Crippen LogP contribution is 2.28. The van der Waals surface area contributed by atoms with E-state index < -0.39 is 37.6 Å². The minimum atomic E-state index is -3.82. The molecule has 1 fully saturated rings. The lowest BCUT2D eigenvalue weighted by molar-refractivity contribution is -0.120. The Labute approximate surface area is 197 Å². The van der Waals surface area contributed by atoms with Crippen molar-refractivity contribution in [2.24, 2.45) is 5.92 Å². The van der Waals surface area contributed by atoms with Gasteiger partial charge < -0.3 is 5.32 Å². The Morgan fingerprint density at radius 1 is 0.882 bits per heavy atom. The van der Waals surface area contributed by atoms with Gasteiger partial charge in [0.2, 0.25) is 15.9 Å². The average Bonchev–Trinajstić information content (AvgIpc) is 3.02. The van der Waals surface area contributed by atoms with Crippen LogP contribution in [0.5, 0.6) is 0 Å². The Balaban J connectivity index is 1.40. The number of benzene rings is 2. The van der Waals surface area contributed by atoms with Crippen LogP contribution in [0.2, 0.25) is 0 Å². The zero-order chi connectivity index (χ0) is 24.8. The standard InChI is InChI=1S/C22H23N3O7S2/c1-24-21(27)18-8-3-15(13-19(18)22(24)28)23-20(26)14-9-11-25(12-10-14)34(31,32)17-6-4-16(5-7-17)33(2,29)30/h3-8,13-14H,9-12H2,1-2H3,(H,23,26). The van der Waals surface area contributed by atoms with Gasteiger partial charge in [-0.15, -0.1) is 0 Å². The summed E-state index contributed by atoms with van der Waals surface area (Å²) in [4.78, 5) is 37.9. The van der Waals surface area contributed by atoms with Crippen LogP contribution >= 0.6 is 0 Å². The van der Waals surface area contributed by atoms with Crippen molar-refractivity contribution in [2.75, 3.05) is 31.7 Å². The van der Waals surface area contributed by atoms with Crippen molar-refractivity contribution in [3.8, 4) is 0 Å². The predicted octanol–water partition coefficient (Wildman–Crippen LogP) is 1.36. The van der Waals surface area contributed by atoms with E-state index in [1.165, 1.54) is 47.8 Å². The number of carbonyl (C=O) groups excluding carboxylic acids is 3. The number of hydrogen-bond acceptors (Lipinski definition) is 7. The molecule has 2 aliphatic rings. The van der Waals surface area contributed by atoms with Gasteiger partial charge in [0.25, 0.3) is 11.8 Å². The molecule has 34 heavy (non-hydrogen) atoms. The molecule has 0 radical (unpaired) electrons. The van der Waals surface area contributed by atoms with Crippen LogP contribution < -0.4 is 5.32 Å². The van der Waals surface area contributed by atoms with Gasteiger partial charge in [0.1, 0.15) is 0 Å². The zero-order valence-electron chi connectivity index (χ0n) is 18.5. The molecule has 0 aromatic heterocycles. The van der Waals surface area contributed by atoms with Gasteiger partial charge in [0.15, 0.2) is 9.84 Å². The Morgan fingerprint density at radius 2 is 1.44 bits per heavy atom. The van der Waals surface area contributed by atoms with Gasteiger partial charge in [0.05, 0.1) is 20.9 Å². The minimum Gasteiger partial charge on any atom is -0.326 e. The molecular weight excluding hydrogens is 482 g/mol. The van der Waals surface area contributed by atoms with E-state index >= 15 is 0 Å². The van der Waals surface area contributed by atoms with E-state index in [9.17, 15) is 31.2 Å². The lowest BCUT2D eigenvalue weighted by Gasteiger charge is -2.30. The molecule has 0 spiro atoms. The highest BCUT2D eigenvalue weighted by molar-refractivity contribution is 7.90. The van der Waals surface area contributed by atoms with Crippen molar-refractivity contribution in [1.29, 1.82) is 0 Å². The number of anilines is 1. The third kappa shape index (κ3) is 4.36. The third-order valence-corrected chi connectivity index (χ3v) is 9.11. The number of carbonyl (C=O) groups is 3. The van der Waals surface area contributed by atoms with Gasteiger partial charge in [0, 0.05) is 38.0 Å². The highest BCUT2D eigenvalue weighted by atomic mass is 32.2. The Morgan fingerprint density at radius 3 is 2.03 bits per heavy atom. The van der Waals surface area contributed by atoms with Crippen LogP contribution in [0.3, 0.4) is 0 Å². The predicted molar refractivity (Wildman–Crippen MR) is 123 cm³/mol. The fraction of sp³-hybridized carbons (Fsp3) is 0.318. The van der Waals surface area contributed by atoms with E-state index in [0.717, 1.165) is 11.2 Å². The summed E-state index contributed by atoms with van der Waals surface area (Å²) in [6.45, 7) is 0.270. The van der Waals surface area contributed by atoms with Gasteiger partial charge >= 0.3 is 0 Å². The van der Waals surface area contributed by atoms with Crippen molar-refractivity contribution >= 4 is 43.3 Å². The molecule has 2 heterocycles. The van der Waals surface area contributed by atoms with Crippen LogP contribution in [0.15, 0.2) is 52.3 Å². The Kier molecular flexibility index (Phi) is 6.08. The van der Waals surface area contributed by atoms with Gasteiger partial charge in [-0.1, -0.05) is 0 Å². The Bertz CT molecular complexity index is 1390. The summed E-state index contributed by atoms with van der Waals surface area (Å²) < 4.78 is 50.3. The number of sulfone groups is 1. The molecule has 0 bridgehead atoms. The van der Waals surface area contributed by atoms with Gasteiger partial charge in [-0.2, -0.15) is 4.31 Å². The fourth-order valence-corrected chi connectivity index (χ4v) is 6.15. The first-order chi connectivity index (χ1) is 15.9. The minimum absolute atomic E-state index is 0.00914. The summed E-state index contributed by atoms with van der Waals surface area (Å²) >= 11 is 0. The van der Waals surface area contributed by atoms with E-state index in [1.807, 2.05) is 0 Å². The van der Waals surface area contributed by atoms with Crippen molar-refractivity contribution < 1.29 is 31.2 Å². The quantitative estimate of drug-likeness (QED) is 0.606. The van der Waals surface area contributed by atoms with E-state index in [2.05, 4.69) is 5.32 Å². The second kappa shape index (κ2) is 8.60. The fourth-order valence-electron chi connectivity index (χ4n) is 4.05. The van der Waals surface area contributed by atoms with Gasteiger partial charge in [-0.05, 0) is 55.3 Å². The molecule has 3 amide bonds. The molecule has 2 aliphatic heterocycles. The maximum absolute atomic E-state index is 12.9. The van der Waals surface area contributed by atoms with Gasteiger partial charge in [-0.3, -0.25) is 19.3 Å². The SMILES string of the molecule is CN1C(=O)c2ccc(NC(=O)C3CCN(S(=O)(=O)c4ccc(S(C)(=O)=O)cc4)CC3)cc2C1=O. The normalized spacial score (nSPS) is 17.6. The number of sulfonamides is 1. The van der Waals surface area contributed by atoms with E-state index in [4.69, 9.17) is 0 Å². The summed E-state index contributed by atoms with van der Waals surface area (Å²) in [5.41, 5.74) is 0.905. The first-order valence-electron chi connectivity index (χ1n) is 10.5. The lowest BCUT2D eigenvalue weighted by Crippen LogP contribution is -2.41. The van der Waals surface area contributed by atoms with Gasteiger partial charge in [-0.25, -0.2) is 16.8 Å². The highest BCUT2D eigenvalue weighted by Gasteiger charge is 2.34.